The zero-order valence-electron chi connectivity index (χ0n) is 20.3. The Morgan fingerprint density at radius 1 is 1.11 bits per heavy atom. The number of rotatable bonds is 5. The number of pyridine rings is 1. The number of nitrogens with one attached hydrogen (secondary N) is 1. The number of aryl methyl sites for hydroxylation is 1. The third kappa shape index (κ3) is 4.29. The van der Waals surface area contributed by atoms with Gasteiger partial charge in [0.05, 0.1) is 24.6 Å². The number of sulfone groups is 1. The minimum atomic E-state index is -3.37. The van der Waals surface area contributed by atoms with E-state index < -0.39 is 27.4 Å². The van der Waals surface area contributed by atoms with Crippen molar-refractivity contribution in [1.29, 1.82) is 0 Å². The molecule has 8 nitrogen and oxygen atoms in total. The first-order valence-electron chi connectivity index (χ1n) is 11.4. The largest absolute Gasteiger partial charge is 0.461 e. The van der Waals surface area contributed by atoms with Crippen molar-refractivity contribution in [2.45, 2.75) is 19.2 Å². The van der Waals surface area contributed by atoms with Crippen LogP contribution >= 0.6 is 0 Å². The molecule has 11 heteroatoms. The van der Waals surface area contributed by atoms with Crippen LogP contribution < -0.4 is 10.5 Å². The molecule has 0 fully saturated rings. The number of halogens is 2. The van der Waals surface area contributed by atoms with Crippen LogP contribution in [0.5, 0.6) is 0 Å². The standard InChI is InChI=1S/C26H23F2N3O5S/c1-4-36-26(33)23-18-12-31(21-8-6-15(27)10-19(21)28)20-7-5-14(13-37(3,34)35)9-16(20)17-11-30(2)25(32)24(29-23)22(17)18/h5-11,29H,4,12-13H2,1-3H3. The molecule has 0 amide bonds. The molecule has 0 radical (unpaired) electrons. The number of aromatic amines is 1. The van der Waals surface area contributed by atoms with Crippen LogP contribution in [0, 0.1) is 11.6 Å². The van der Waals surface area contributed by atoms with Gasteiger partial charge in [-0.2, -0.15) is 0 Å². The van der Waals surface area contributed by atoms with E-state index in [1.807, 2.05) is 0 Å². The van der Waals surface area contributed by atoms with Gasteiger partial charge in [0, 0.05) is 53.3 Å². The number of esters is 1. The van der Waals surface area contributed by atoms with Crippen molar-refractivity contribution in [3.63, 3.8) is 0 Å². The summed E-state index contributed by atoms with van der Waals surface area (Å²) in [6, 6.07) is 8.15. The van der Waals surface area contributed by atoms with Crippen molar-refractivity contribution in [3.05, 3.63) is 81.4 Å². The van der Waals surface area contributed by atoms with Crippen LogP contribution in [0.15, 0.2) is 47.4 Å². The molecule has 0 unspecified atom stereocenters. The lowest BCUT2D eigenvalue weighted by Gasteiger charge is -2.26. The monoisotopic (exact) mass is 527 g/mol. The van der Waals surface area contributed by atoms with Gasteiger partial charge in [0.15, 0.2) is 9.84 Å². The van der Waals surface area contributed by atoms with E-state index in [0.717, 1.165) is 18.4 Å². The molecule has 0 saturated heterocycles. The van der Waals surface area contributed by atoms with Crippen LogP contribution in [0.1, 0.15) is 28.5 Å². The van der Waals surface area contributed by atoms with Gasteiger partial charge < -0.3 is 19.2 Å². The zero-order valence-corrected chi connectivity index (χ0v) is 21.1. The Kier molecular flexibility index (Phi) is 5.90. The SMILES string of the molecule is CCOC(=O)c1[nH]c2c(=O)n(C)cc3c2c1CN(c1ccc(F)cc1F)c1ccc(CS(C)(=O)=O)cc1-3. The molecule has 3 heterocycles. The minimum absolute atomic E-state index is 0.0437. The van der Waals surface area contributed by atoms with Crippen molar-refractivity contribution in [2.24, 2.45) is 7.05 Å². The molecule has 0 atom stereocenters. The quantitative estimate of drug-likeness (QED) is 0.391. The molecule has 5 rings (SSSR count). The van der Waals surface area contributed by atoms with Crippen LogP contribution in [0.3, 0.4) is 0 Å². The number of aromatic nitrogens is 2. The first-order valence-corrected chi connectivity index (χ1v) is 13.5. The number of hydrogen-bond donors (Lipinski definition) is 1. The van der Waals surface area contributed by atoms with Gasteiger partial charge in [-0.15, -0.1) is 0 Å². The number of hydrogen-bond acceptors (Lipinski definition) is 6. The van der Waals surface area contributed by atoms with Gasteiger partial charge in [-0.25, -0.2) is 22.0 Å². The Bertz CT molecular complexity index is 1760. The summed E-state index contributed by atoms with van der Waals surface area (Å²) < 4.78 is 59.5. The fraction of sp³-hybridized carbons (Fsp3) is 0.231. The van der Waals surface area contributed by atoms with E-state index >= 15 is 4.39 Å². The molecule has 0 bridgehead atoms. The third-order valence-electron chi connectivity index (χ3n) is 6.30. The Morgan fingerprint density at radius 2 is 1.84 bits per heavy atom. The van der Waals surface area contributed by atoms with Crippen molar-refractivity contribution < 1.29 is 26.7 Å². The van der Waals surface area contributed by atoms with Gasteiger partial charge >= 0.3 is 5.97 Å². The second kappa shape index (κ2) is 8.84. The minimum Gasteiger partial charge on any atom is -0.461 e. The van der Waals surface area contributed by atoms with E-state index in [0.29, 0.717) is 33.3 Å². The number of benzene rings is 2. The summed E-state index contributed by atoms with van der Waals surface area (Å²) in [4.78, 5) is 30.5. The summed E-state index contributed by atoms with van der Waals surface area (Å²) in [6.07, 6.45) is 2.73. The summed E-state index contributed by atoms with van der Waals surface area (Å²) in [6.45, 7) is 1.71. The second-order valence-electron chi connectivity index (χ2n) is 9.01. The molecule has 37 heavy (non-hydrogen) atoms. The predicted molar refractivity (Wildman–Crippen MR) is 136 cm³/mol. The summed E-state index contributed by atoms with van der Waals surface area (Å²) in [7, 11) is -1.81. The maximum absolute atomic E-state index is 15.1. The number of carbonyl (C=O) groups is 1. The van der Waals surface area contributed by atoms with Crippen molar-refractivity contribution in [2.75, 3.05) is 17.8 Å². The van der Waals surface area contributed by atoms with Gasteiger partial charge in [0.25, 0.3) is 5.56 Å². The zero-order chi connectivity index (χ0) is 26.6. The number of fused-ring (bicyclic) bond motifs is 2. The van der Waals surface area contributed by atoms with Crippen LogP contribution in [0.4, 0.5) is 20.2 Å². The fourth-order valence-corrected chi connectivity index (χ4v) is 5.60. The van der Waals surface area contributed by atoms with Crippen LogP contribution in [0.2, 0.25) is 0 Å². The highest BCUT2D eigenvalue weighted by Crippen LogP contribution is 2.45. The molecule has 1 aliphatic heterocycles. The van der Waals surface area contributed by atoms with Gasteiger partial charge in [-0.1, -0.05) is 6.07 Å². The number of ether oxygens (including phenoxy) is 1. The van der Waals surface area contributed by atoms with Crippen molar-refractivity contribution in [3.8, 4) is 11.1 Å². The van der Waals surface area contributed by atoms with Crippen LogP contribution in [-0.2, 0) is 33.9 Å². The first-order chi connectivity index (χ1) is 17.5. The molecule has 192 valence electrons. The van der Waals surface area contributed by atoms with E-state index in [4.69, 9.17) is 4.74 Å². The second-order valence-corrected chi connectivity index (χ2v) is 11.2. The first kappa shape index (κ1) is 24.7. The van der Waals surface area contributed by atoms with Gasteiger partial charge in [0.2, 0.25) is 0 Å². The lowest BCUT2D eigenvalue weighted by molar-refractivity contribution is 0.0519. The number of nitrogens with zero attached hydrogens (tertiary/aromatic N) is 2. The van der Waals surface area contributed by atoms with Gasteiger partial charge in [0.1, 0.15) is 22.8 Å². The van der Waals surface area contributed by atoms with E-state index in [-0.39, 0.29) is 41.4 Å². The molecule has 0 aliphatic carbocycles. The smallest absolute Gasteiger partial charge is 0.355 e. The average Bonchev–Trinajstić information content (AvgIpc) is 3.13. The fourth-order valence-electron chi connectivity index (χ4n) is 4.81. The molecular weight excluding hydrogens is 504 g/mol. The molecular formula is C26H23F2N3O5S. The molecule has 0 spiro atoms. The molecule has 4 aromatic rings. The van der Waals surface area contributed by atoms with Gasteiger partial charge in [-0.3, -0.25) is 4.79 Å². The lowest BCUT2D eigenvalue weighted by Crippen LogP contribution is -2.20. The normalized spacial score (nSPS) is 12.9. The molecule has 0 saturated carbocycles. The van der Waals surface area contributed by atoms with E-state index in [1.54, 1.807) is 43.3 Å². The van der Waals surface area contributed by atoms with Gasteiger partial charge in [-0.05, 0) is 36.8 Å². The molecule has 2 aromatic heterocycles. The highest BCUT2D eigenvalue weighted by atomic mass is 32.2. The summed E-state index contributed by atoms with van der Waals surface area (Å²) in [5.41, 5.74) is 2.35. The number of H-pyrrole nitrogens is 1. The third-order valence-corrected chi connectivity index (χ3v) is 7.15. The highest BCUT2D eigenvalue weighted by Gasteiger charge is 2.31. The Balaban J connectivity index is 1.89. The Labute approximate surface area is 211 Å². The van der Waals surface area contributed by atoms with Crippen molar-refractivity contribution in [1.82, 2.24) is 9.55 Å². The molecule has 1 aliphatic rings. The van der Waals surface area contributed by atoms with Crippen molar-refractivity contribution >= 4 is 38.1 Å². The maximum atomic E-state index is 15.1. The van der Waals surface area contributed by atoms with E-state index in [2.05, 4.69) is 4.98 Å². The Morgan fingerprint density at radius 3 is 2.51 bits per heavy atom. The lowest BCUT2D eigenvalue weighted by atomic mass is 9.99. The highest BCUT2D eigenvalue weighted by molar-refractivity contribution is 7.89. The number of anilines is 2. The number of carbonyl (C=O) groups excluding carboxylic acids is 1. The van der Waals surface area contributed by atoms with Crippen LogP contribution in [-0.4, -0.2) is 36.8 Å². The van der Waals surface area contributed by atoms with E-state index in [9.17, 15) is 22.4 Å². The van der Waals surface area contributed by atoms with E-state index in [1.165, 1.54) is 10.6 Å². The summed E-state index contributed by atoms with van der Waals surface area (Å²) in [5.74, 6) is -2.47. The molecule has 2 aromatic carbocycles. The summed E-state index contributed by atoms with van der Waals surface area (Å²) >= 11 is 0. The average molecular weight is 528 g/mol. The molecule has 1 N–H and O–H groups in total. The maximum Gasteiger partial charge on any atom is 0.355 e. The Hall–Kier alpha value is -3.99. The predicted octanol–water partition coefficient (Wildman–Crippen LogP) is 4.18. The summed E-state index contributed by atoms with van der Waals surface area (Å²) in [5, 5.41) is 0.453. The van der Waals surface area contributed by atoms with Crippen LogP contribution in [0.25, 0.3) is 22.0 Å². The topological polar surface area (TPSA) is 101 Å².